The highest BCUT2D eigenvalue weighted by molar-refractivity contribution is 7.22. The molecule has 134 valence electrons. The second-order valence-corrected chi connectivity index (χ2v) is 7.74. The van der Waals surface area contributed by atoms with Gasteiger partial charge in [0.2, 0.25) is 5.91 Å². The molecule has 1 aliphatic heterocycles. The van der Waals surface area contributed by atoms with E-state index in [0.717, 1.165) is 59.5 Å². The van der Waals surface area contributed by atoms with Crippen molar-refractivity contribution in [1.82, 2.24) is 4.98 Å². The van der Waals surface area contributed by atoms with E-state index in [1.165, 1.54) is 0 Å². The van der Waals surface area contributed by atoms with Crippen molar-refractivity contribution in [3.05, 3.63) is 42.4 Å². The summed E-state index contributed by atoms with van der Waals surface area (Å²) in [6, 6.07) is 9.72. The van der Waals surface area contributed by atoms with Gasteiger partial charge in [-0.1, -0.05) is 11.3 Å². The van der Waals surface area contributed by atoms with Gasteiger partial charge in [0.1, 0.15) is 5.76 Å². The van der Waals surface area contributed by atoms with Crippen LogP contribution in [0, 0.1) is 5.92 Å². The molecule has 5 rings (SSSR count). The molecule has 2 aliphatic rings. The molecule has 7 heteroatoms. The lowest BCUT2D eigenvalue weighted by Crippen LogP contribution is -2.36. The molecule has 1 saturated heterocycles. The minimum Gasteiger partial charge on any atom is -0.469 e. The summed E-state index contributed by atoms with van der Waals surface area (Å²) >= 11 is 1.66. The fraction of sp³-hybridized carbons (Fsp3) is 0.368. The van der Waals surface area contributed by atoms with E-state index in [1.54, 1.807) is 17.6 Å². The summed E-state index contributed by atoms with van der Waals surface area (Å²) in [7, 11) is 0. The van der Waals surface area contributed by atoms with Crippen LogP contribution in [0.5, 0.6) is 0 Å². The van der Waals surface area contributed by atoms with Crippen LogP contribution in [0.25, 0.3) is 10.2 Å². The third-order valence-electron chi connectivity index (χ3n) is 4.96. The second kappa shape index (κ2) is 6.41. The van der Waals surface area contributed by atoms with Crippen LogP contribution >= 0.6 is 11.3 Å². The predicted octanol–water partition coefficient (Wildman–Crippen LogP) is 3.47. The van der Waals surface area contributed by atoms with E-state index < -0.39 is 0 Å². The summed E-state index contributed by atoms with van der Waals surface area (Å²) in [6.07, 6.45) is 2.51. The number of rotatable bonds is 4. The Bertz CT molecular complexity index is 931. The smallest absolute Gasteiger partial charge is 0.228 e. The first-order chi connectivity index (χ1) is 12.8. The maximum Gasteiger partial charge on any atom is 0.228 e. The SMILES string of the molecule is O=C(Nc1ccc2nc(N3CCOCC3)sc2c1)C1CC1c1ccco1. The predicted molar refractivity (Wildman–Crippen MR) is 101 cm³/mol. The molecule has 0 spiro atoms. The molecule has 0 radical (unpaired) electrons. The molecule has 2 atom stereocenters. The Morgan fingerprint density at radius 1 is 1.27 bits per heavy atom. The molecule has 2 fully saturated rings. The lowest BCUT2D eigenvalue weighted by molar-refractivity contribution is -0.117. The number of benzene rings is 1. The molecule has 6 nitrogen and oxygen atoms in total. The number of ether oxygens (including phenoxy) is 1. The van der Waals surface area contributed by atoms with Gasteiger partial charge in [-0.15, -0.1) is 0 Å². The van der Waals surface area contributed by atoms with E-state index in [2.05, 4.69) is 10.2 Å². The summed E-state index contributed by atoms with van der Waals surface area (Å²) in [4.78, 5) is 19.5. The van der Waals surface area contributed by atoms with Crippen molar-refractivity contribution in [3.8, 4) is 0 Å². The van der Waals surface area contributed by atoms with Gasteiger partial charge in [-0.3, -0.25) is 4.79 Å². The van der Waals surface area contributed by atoms with Gasteiger partial charge in [0.25, 0.3) is 0 Å². The maximum absolute atomic E-state index is 12.5. The van der Waals surface area contributed by atoms with Crippen molar-refractivity contribution in [3.63, 3.8) is 0 Å². The number of hydrogen-bond acceptors (Lipinski definition) is 6. The van der Waals surface area contributed by atoms with Crippen molar-refractivity contribution < 1.29 is 13.9 Å². The largest absolute Gasteiger partial charge is 0.469 e. The van der Waals surface area contributed by atoms with E-state index >= 15 is 0 Å². The number of hydrogen-bond donors (Lipinski definition) is 1. The van der Waals surface area contributed by atoms with Crippen LogP contribution in [0.3, 0.4) is 0 Å². The third kappa shape index (κ3) is 2.97. The number of furan rings is 1. The molecule has 3 aromatic rings. The topological polar surface area (TPSA) is 67.6 Å². The molecule has 1 N–H and O–H groups in total. The molecule has 26 heavy (non-hydrogen) atoms. The molecule has 1 amide bonds. The lowest BCUT2D eigenvalue weighted by Gasteiger charge is -2.25. The van der Waals surface area contributed by atoms with Gasteiger partial charge in [-0.05, 0) is 36.8 Å². The van der Waals surface area contributed by atoms with Gasteiger partial charge in [0, 0.05) is 30.6 Å². The quantitative estimate of drug-likeness (QED) is 0.763. The minimum absolute atomic E-state index is 0.00205. The number of anilines is 2. The van der Waals surface area contributed by atoms with Crippen molar-refractivity contribution in [2.24, 2.45) is 5.92 Å². The first kappa shape index (κ1) is 15.8. The van der Waals surface area contributed by atoms with E-state index in [-0.39, 0.29) is 17.7 Å². The van der Waals surface area contributed by atoms with Gasteiger partial charge in [0.15, 0.2) is 5.13 Å². The van der Waals surface area contributed by atoms with Crippen molar-refractivity contribution >= 4 is 38.3 Å². The number of thiazole rings is 1. The summed E-state index contributed by atoms with van der Waals surface area (Å²) in [5.41, 5.74) is 1.79. The molecule has 1 aromatic carbocycles. The average molecular weight is 369 g/mol. The molecular formula is C19H19N3O3S. The standard InChI is InChI=1S/C19H19N3O3S/c23-18(14-11-13(14)16-2-1-7-25-16)20-12-3-4-15-17(10-12)26-19(21-15)22-5-8-24-9-6-22/h1-4,7,10,13-14H,5-6,8-9,11H2,(H,20,23). The van der Waals surface area contributed by atoms with Gasteiger partial charge < -0.3 is 19.4 Å². The summed E-state index contributed by atoms with van der Waals surface area (Å²) in [5.74, 6) is 1.18. The number of carbonyl (C=O) groups is 1. The van der Waals surface area contributed by atoms with Crippen LogP contribution in [0.2, 0.25) is 0 Å². The van der Waals surface area contributed by atoms with Gasteiger partial charge in [0.05, 0.1) is 29.7 Å². The Labute approximate surface area is 154 Å². The van der Waals surface area contributed by atoms with Crippen LogP contribution in [0.15, 0.2) is 41.0 Å². The number of aromatic nitrogens is 1. The van der Waals surface area contributed by atoms with E-state index in [0.29, 0.717) is 0 Å². The second-order valence-electron chi connectivity index (χ2n) is 6.73. The minimum atomic E-state index is 0.00205. The number of nitrogens with zero attached hydrogens (tertiary/aromatic N) is 2. The summed E-state index contributed by atoms with van der Waals surface area (Å²) in [5, 5.41) is 4.06. The molecule has 2 aromatic heterocycles. The summed E-state index contributed by atoms with van der Waals surface area (Å²) in [6.45, 7) is 3.24. The van der Waals surface area contributed by atoms with Gasteiger partial charge >= 0.3 is 0 Å². The van der Waals surface area contributed by atoms with Crippen molar-refractivity contribution in [2.75, 3.05) is 36.5 Å². The zero-order chi connectivity index (χ0) is 17.5. The van der Waals surface area contributed by atoms with E-state index in [4.69, 9.17) is 14.1 Å². The normalized spacial score (nSPS) is 22.5. The van der Waals surface area contributed by atoms with Crippen LogP contribution in [-0.4, -0.2) is 37.2 Å². The highest BCUT2D eigenvalue weighted by atomic mass is 32.1. The number of carbonyl (C=O) groups excluding carboxylic acids is 1. The molecule has 0 bridgehead atoms. The Kier molecular flexibility index (Phi) is 3.90. The first-order valence-corrected chi connectivity index (χ1v) is 9.67. The number of nitrogens with one attached hydrogen (secondary N) is 1. The fourth-order valence-corrected chi connectivity index (χ4v) is 4.47. The number of fused-ring (bicyclic) bond motifs is 1. The highest BCUT2D eigenvalue weighted by Gasteiger charge is 2.45. The van der Waals surface area contributed by atoms with E-state index in [1.807, 2.05) is 30.3 Å². The fourth-order valence-electron chi connectivity index (χ4n) is 3.42. The molecular weight excluding hydrogens is 350 g/mol. The van der Waals surface area contributed by atoms with Crippen LogP contribution in [0.4, 0.5) is 10.8 Å². The Morgan fingerprint density at radius 2 is 2.15 bits per heavy atom. The van der Waals surface area contributed by atoms with Crippen molar-refractivity contribution in [2.45, 2.75) is 12.3 Å². The zero-order valence-electron chi connectivity index (χ0n) is 14.2. The monoisotopic (exact) mass is 369 g/mol. The van der Waals surface area contributed by atoms with Crippen molar-refractivity contribution in [1.29, 1.82) is 0 Å². The Balaban J connectivity index is 1.29. The van der Waals surface area contributed by atoms with Crippen LogP contribution in [-0.2, 0) is 9.53 Å². The Morgan fingerprint density at radius 3 is 2.96 bits per heavy atom. The molecule has 3 heterocycles. The van der Waals surface area contributed by atoms with Crippen LogP contribution in [0.1, 0.15) is 18.1 Å². The number of morpholine rings is 1. The molecule has 1 aliphatic carbocycles. The zero-order valence-corrected chi connectivity index (χ0v) is 15.0. The van der Waals surface area contributed by atoms with Gasteiger partial charge in [-0.25, -0.2) is 4.98 Å². The van der Waals surface area contributed by atoms with Crippen LogP contribution < -0.4 is 10.2 Å². The lowest BCUT2D eigenvalue weighted by atomic mass is 10.2. The van der Waals surface area contributed by atoms with Gasteiger partial charge in [-0.2, -0.15) is 0 Å². The Hall–Kier alpha value is -2.38. The first-order valence-electron chi connectivity index (χ1n) is 8.85. The molecule has 2 unspecified atom stereocenters. The summed E-state index contributed by atoms with van der Waals surface area (Å²) < 4.78 is 11.9. The average Bonchev–Trinajstić information content (AvgIpc) is 3.09. The maximum atomic E-state index is 12.5. The highest BCUT2D eigenvalue weighted by Crippen LogP contribution is 2.48. The van der Waals surface area contributed by atoms with E-state index in [9.17, 15) is 4.79 Å². The third-order valence-corrected chi connectivity index (χ3v) is 6.04. The molecule has 1 saturated carbocycles. The number of amides is 1.